The number of aromatic hydroxyl groups is 2. The van der Waals surface area contributed by atoms with Crippen molar-refractivity contribution in [1.29, 1.82) is 0 Å². The summed E-state index contributed by atoms with van der Waals surface area (Å²) in [5.74, 6) is -3.94. The first kappa shape index (κ1) is 59.5. The zero-order valence-electron chi connectivity index (χ0n) is 47.4. The van der Waals surface area contributed by atoms with Crippen LogP contribution in [0.15, 0.2) is 66.7 Å². The van der Waals surface area contributed by atoms with Gasteiger partial charge in [0.25, 0.3) is 5.91 Å². The third-order valence-electron chi connectivity index (χ3n) is 16.3. The van der Waals surface area contributed by atoms with Gasteiger partial charge in [0.05, 0.1) is 108 Å². The van der Waals surface area contributed by atoms with Crippen molar-refractivity contribution >= 4 is 35.0 Å². The topological polar surface area (TPSA) is 310 Å². The van der Waals surface area contributed by atoms with Crippen LogP contribution in [0.4, 0.5) is 5.69 Å². The SMILES string of the molecule is COc1cccc2c1C(=O)c1c(O)c3c(c(O)c1C2=O)CC(O)(C(=O)NCCOCCOCCOCCOCCC(=O)NCCC(=O)N1Cc2ccccc2-c2n[nH]nc2-c2ccccc21)CC3OC1CC2C(OC3C(OC)OCCN23)C(C)O1. The number of rotatable bonds is 23. The van der Waals surface area contributed by atoms with E-state index < -0.39 is 89.6 Å². The van der Waals surface area contributed by atoms with Crippen LogP contribution < -0.4 is 20.3 Å². The molecule has 6 aliphatic rings. The van der Waals surface area contributed by atoms with Crippen LogP contribution in [0.1, 0.15) is 87.2 Å². The summed E-state index contributed by atoms with van der Waals surface area (Å²) in [5.41, 5.74) is 1.19. The molecule has 3 fully saturated rings. The van der Waals surface area contributed by atoms with Gasteiger partial charge in [-0.1, -0.05) is 54.6 Å². The van der Waals surface area contributed by atoms with Gasteiger partial charge in [-0.3, -0.25) is 28.9 Å². The highest BCUT2D eigenvalue weighted by Gasteiger charge is 2.55. The summed E-state index contributed by atoms with van der Waals surface area (Å²) in [6.45, 7) is 4.94. The number of carbonyl (C=O) groups is 5. The second-order valence-electron chi connectivity index (χ2n) is 21.4. The predicted octanol–water partition coefficient (Wildman–Crippen LogP) is 3.23. The minimum absolute atomic E-state index is 0.0246. The molecule has 0 bridgehead atoms. The minimum atomic E-state index is -2.26. The van der Waals surface area contributed by atoms with Crippen LogP contribution >= 0.6 is 0 Å². The van der Waals surface area contributed by atoms with E-state index in [0.717, 1.165) is 22.4 Å². The summed E-state index contributed by atoms with van der Waals surface area (Å²) in [6, 6.07) is 19.6. The molecule has 0 radical (unpaired) electrons. The molecule has 0 saturated carbocycles. The van der Waals surface area contributed by atoms with Gasteiger partial charge in [0.1, 0.15) is 40.3 Å². The Bertz CT molecular complexity index is 3300. The number of aliphatic hydroxyl groups is 1. The van der Waals surface area contributed by atoms with E-state index in [1.807, 2.05) is 55.5 Å². The molecule has 8 unspecified atom stereocenters. The molecule has 5 heterocycles. The molecule has 25 heteroatoms. The number of hydrogen-bond acceptors (Lipinski definition) is 21. The highest BCUT2D eigenvalue weighted by molar-refractivity contribution is 6.31. The van der Waals surface area contributed by atoms with Crippen molar-refractivity contribution in [3.63, 3.8) is 0 Å². The van der Waals surface area contributed by atoms with Crippen LogP contribution in [-0.2, 0) is 70.0 Å². The van der Waals surface area contributed by atoms with Crippen molar-refractivity contribution in [1.82, 2.24) is 30.9 Å². The van der Waals surface area contributed by atoms with E-state index in [4.69, 9.17) is 47.4 Å². The van der Waals surface area contributed by atoms with Crippen LogP contribution in [0, 0.1) is 0 Å². The molecule has 11 rings (SSSR count). The van der Waals surface area contributed by atoms with E-state index in [1.165, 1.54) is 32.4 Å². The average Bonchev–Trinajstić information content (AvgIpc) is 1.59. The number of fused-ring (bicyclic) bond motifs is 11. The Balaban J connectivity index is 0.605. The summed E-state index contributed by atoms with van der Waals surface area (Å²) in [4.78, 5) is 72.6. The maximum absolute atomic E-state index is 14.3. The lowest BCUT2D eigenvalue weighted by Crippen LogP contribution is -2.55. The summed E-state index contributed by atoms with van der Waals surface area (Å²) in [5, 5.41) is 53.5. The Kier molecular flexibility index (Phi) is 18.3. The monoisotopic (exact) mass is 1180 g/mol. The molecule has 25 nitrogen and oxygen atoms in total. The molecule has 3 saturated heterocycles. The Morgan fingerprint density at radius 1 is 0.765 bits per heavy atom. The molecule has 2 aliphatic carbocycles. The van der Waals surface area contributed by atoms with Crippen molar-refractivity contribution in [2.45, 2.75) is 94.3 Å². The zero-order valence-corrected chi connectivity index (χ0v) is 47.4. The lowest BCUT2D eigenvalue weighted by molar-refractivity contribution is -0.256. The molecule has 85 heavy (non-hydrogen) atoms. The van der Waals surface area contributed by atoms with Crippen molar-refractivity contribution in [2.75, 3.05) is 98.2 Å². The highest BCUT2D eigenvalue weighted by Crippen LogP contribution is 2.53. The van der Waals surface area contributed by atoms with Crippen molar-refractivity contribution in [3.8, 4) is 39.8 Å². The summed E-state index contributed by atoms with van der Waals surface area (Å²) < 4.78 is 58.6. The Hall–Kier alpha value is -7.27. The molecule has 0 spiro atoms. The van der Waals surface area contributed by atoms with Gasteiger partial charge in [-0.2, -0.15) is 15.4 Å². The van der Waals surface area contributed by atoms with E-state index in [1.54, 1.807) is 4.90 Å². The van der Waals surface area contributed by atoms with Crippen LogP contribution in [0.3, 0.4) is 0 Å². The molecule has 8 atom stereocenters. The number of hydrogen-bond donors (Lipinski definition) is 6. The third kappa shape index (κ3) is 12.0. The molecule has 452 valence electrons. The Morgan fingerprint density at radius 3 is 2.20 bits per heavy atom. The molecule has 4 aliphatic heterocycles. The van der Waals surface area contributed by atoms with E-state index in [-0.39, 0.29) is 137 Å². The second-order valence-corrected chi connectivity index (χ2v) is 21.4. The maximum atomic E-state index is 14.3. The number of nitrogens with one attached hydrogen (secondary N) is 3. The van der Waals surface area contributed by atoms with Gasteiger partial charge < -0.3 is 78.2 Å². The number of aromatic amines is 1. The number of ketones is 2. The van der Waals surface area contributed by atoms with Crippen LogP contribution in [0.2, 0.25) is 0 Å². The van der Waals surface area contributed by atoms with Crippen LogP contribution in [0.5, 0.6) is 17.2 Å². The largest absolute Gasteiger partial charge is 0.507 e. The molecular weight excluding hydrogens is 1110 g/mol. The fourth-order valence-electron chi connectivity index (χ4n) is 12.2. The van der Waals surface area contributed by atoms with Gasteiger partial charge in [0.15, 0.2) is 24.6 Å². The standard InChI is InChI=1S/C60H69N7O18/c1-33-56-40(66-19-22-82-58(77-3)57(66)85-56)29-45(83-33)84-42-31-60(75,30-38-47(42)55(73)49-48(53(38)71)52(70)37-12-8-14-41(76-2)46(37)54(49)72)59(74)62-18-21-79-24-26-81-28-27-80-25-23-78-20-16-43(68)61-17-15-44(69)67-32-34-9-4-5-10-35(34)50-51(64-65-63-50)36-11-6-7-13-39(36)67/h4-14,33,40,42,45,56-58,71,73,75H,15-32H2,1-3H3,(H,61,68)(H,62,74)(H,63,64,65). The zero-order chi connectivity index (χ0) is 59.4. The average molecular weight is 1180 g/mol. The first-order valence-electron chi connectivity index (χ1n) is 28.5. The number of benzene rings is 4. The number of phenolic OH excluding ortho intramolecular Hbond substituents is 2. The number of nitrogens with zero attached hydrogens (tertiary/aromatic N) is 4. The van der Waals surface area contributed by atoms with Gasteiger partial charge in [0.2, 0.25) is 17.6 Å². The van der Waals surface area contributed by atoms with Gasteiger partial charge >= 0.3 is 0 Å². The first-order valence-corrected chi connectivity index (χ1v) is 28.5. The number of amides is 3. The van der Waals surface area contributed by atoms with E-state index >= 15 is 0 Å². The van der Waals surface area contributed by atoms with Crippen LogP contribution in [-0.4, -0.2) is 201 Å². The third-order valence-corrected chi connectivity index (χ3v) is 16.3. The lowest BCUT2D eigenvalue weighted by Gasteiger charge is -2.43. The van der Waals surface area contributed by atoms with Crippen molar-refractivity contribution in [2.24, 2.45) is 0 Å². The smallest absolute Gasteiger partial charge is 0.252 e. The number of ether oxygens (including phenoxy) is 10. The van der Waals surface area contributed by atoms with E-state index in [9.17, 15) is 39.3 Å². The number of methoxy groups -OCH3 is 2. The summed E-state index contributed by atoms with van der Waals surface area (Å²) >= 11 is 0. The molecule has 5 aromatic rings. The number of morpholine rings is 1. The Morgan fingerprint density at radius 2 is 1.45 bits per heavy atom. The molecule has 4 aromatic carbocycles. The van der Waals surface area contributed by atoms with Crippen LogP contribution in [0.25, 0.3) is 22.5 Å². The fraction of sp³-hybridized carbons (Fsp3) is 0.483. The normalized spacial score (nSPS) is 23.9. The molecule has 1 aromatic heterocycles. The van der Waals surface area contributed by atoms with Crippen molar-refractivity contribution < 1.29 is 86.7 Å². The van der Waals surface area contributed by atoms with E-state index in [0.29, 0.717) is 31.1 Å². The number of para-hydroxylation sites is 1. The highest BCUT2D eigenvalue weighted by atomic mass is 16.7. The second kappa shape index (κ2) is 26.1. The number of aromatic nitrogens is 3. The fourth-order valence-corrected chi connectivity index (χ4v) is 12.2. The van der Waals surface area contributed by atoms with Gasteiger partial charge in [-0.15, -0.1) is 0 Å². The predicted molar refractivity (Wildman–Crippen MR) is 299 cm³/mol. The maximum Gasteiger partial charge on any atom is 0.252 e. The van der Waals surface area contributed by atoms with E-state index in [2.05, 4.69) is 30.9 Å². The Labute approximate surface area is 489 Å². The van der Waals surface area contributed by atoms with Gasteiger partial charge in [-0.25, -0.2) is 0 Å². The number of H-pyrrole nitrogens is 1. The quantitative estimate of drug-likeness (QED) is 0.0396. The molecular formula is C60H69N7O18. The summed E-state index contributed by atoms with van der Waals surface area (Å²) in [6.07, 6.45) is -4.85. The first-order chi connectivity index (χ1) is 41.3. The number of carbonyl (C=O) groups excluding carboxylic acids is 5. The number of phenols is 2. The molecule has 3 amide bonds. The van der Waals surface area contributed by atoms with Gasteiger partial charge in [0, 0.05) is 92.7 Å². The lowest BCUT2D eigenvalue weighted by atomic mass is 9.72. The number of anilines is 1. The molecule has 6 N–H and O–H groups in total. The summed E-state index contributed by atoms with van der Waals surface area (Å²) in [7, 11) is 2.88. The minimum Gasteiger partial charge on any atom is -0.507 e. The van der Waals surface area contributed by atoms with Gasteiger partial charge in [-0.05, 0) is 24.6 Å². The van der Waals surface area contributed by atoms with Crippen molar-refractivity contribution in [3.05, 3.63) is 106 Å².